The predicted molar refractivity (Wildman–Crippen MR) is 145 cm³/mol. The fourth-order valence-corrected chi connectivity index (χ4v) is 5.31. The maximum atomic E-state index is 13.7. The summed E-state index contributed by atoms with van der Waals surface area (Å²) in [5.41, 5.74) is 5.56. The van der Waals surface area contributed by atoms with E-state index in [0.717, 1.165) is 57.6 Å². The molecule has 2 aromatic heterocycles. The summed E-state index contributed by atoms with van der Waals surface area (Å²) in [6, 6.07) is 28.5. The molecule has 180 valence electrons. The first-order valence-electron chi connectivity index (χ1n) is 12.3. The Morgan fingerprint density at radius 3 is 2.31 bits per heavy atom. The first kappa shape index (κ1) is 22.2. The maximum absolute atomic E-state index is 13.7. The molecule has 0 radical (unpaired) electrons. The number of hydrogen-bond donors (Lipinski definition) is 0. The van der Waals surface area contributed by atoms with E-state index < -0.39 is 0 Å². The Bertz CT molecular complexity index is 1570. The summed E-state index contributed by atoms with van der Waals surface area (Å²) in [5, 5.41) is 2.18. The minimum absolute atomic E-state index is 0.0262. The Labute approximate surface area is 210 Å². The normalized spacial score (nSPS) is 13.9. The van der Waals surface area contributed by atoms with Gasteiger partial charge in [0.15, 0.2) is 0 Å². The molecule has 1 aliphatic rings. The van der Waals surface area contributed by atoms with E-state index >= 15 is 0 Å². The zero-order chi connectivity index (χ0) is 24.6. The average Bonchev–Trinajstić information content (AvgIpc) is 3.24. The topological polar surface area (TPSA) is 50.6 Å². The lowest BCUT2D eigenvalue weighted by molar-refractivity contribution is 0.0741. The van der Waals surface area contributed by atoms with E-state index in [-0.39, 0.29) is 5.91 Å². The molecule has 0 saturated carbocycles. The number of para-hydroxylation sites is 3. The van der Waals surface area contributed by atoms with Gasteiger partial charge in [0.05, 0.1) is 24.0 Å². The van der Waals surface area contributed by atoms with Gasteiger partial charge in [-0.2, -0.15) is 0 Å². The second-order valence-corrected chi connectivity index (χ2v) is 9.15. The van der Waals surface area contributed by atoms with E-state index in [1.807, 2.05) is 59.5 Å². The largest absolute Gasteiger partial charge is 0.495 e. The molecule has 0 unspecified atom stereocenters. The second kappa shape index (κ2) is 9.04. The Hall–Kier alpha value is -4.32. The van der Waals surface area contributed by atoms with Crippen LogP contribution in [0.4, 0.5) is 5.69 Å². The summed E-state index contributed by atoms with van der Waals surface area (Å²) >= 11 is 0. The first-order chi connectivity index (χ1) is 17.7. The van der Waals surface area contributed by atoms with Crippen molar-refractivity contribution in [1.82, 2.24) is 14.5 Å². The van der Waals surface area contributed by atoms with Crippen molar-refractivity contribution in [3.63, 3.8) is 0 Å². The Balaban J connectivity index is 1.37. The summed E-state index contributed by atoms with van der Waals surface area (Å²) in [6.45, 7) is 2.75. The number of fused-ring (bicyclic) bond motifs is 3. The van der Waals surface area contributed by atoms with Gasteiger partial charge in [0.2, 0.25) is 0 Å². The highest BCUT2D eigenvalue weighted by Crippen LogP contribution is 2.35. The molecule has 6 nitrogen and oxygen atoms in total. The van der Waals surface area contributed by atoms with E-state index in [9.17, 15) is 4.79 Å². The number of carbonyl (C=O) groups excluding carboxylic acids is 1. The van der Waals surface area contributed by atoms with Crippen molar-refractivity contribution in [3.8, 4) is 17.0 Å². The predicted octanol–water partition coefficient (Wildman–Crippen LogP) is 5.36. The van der Waals surface area contributed by atoms with Crippen LogP contribution in [0, 0.1) is 0 Å². The number of rotatable bonds is 4. The van der Waals surface area contributed by atoms with E-state index in [1.165, 1.54) is 0 Å². The molecule has 3 aromatic carbocycles. The van der Waals surface area contributed by atoms with Gasteiger partial charge in [-0.25, -0.2) is 4.98 Å². The highest BCUT2D eigenvalue weighted by Gasteiger charge is 2.26. The number of hydrogen-bond acceptors (Lipinski definition) is 4. The van der Waals surface area contributed by atoms with Crippen molar-refractivity contribution in [2.45, 2.75) is 0 Å². The van der Waals surface area contributed by atoms with E-state index in [2.05, 4.69) is 46.8 Å². The van der Waals surface area contributed by atoms with Gasteiger partial charge in [0.1, 0.15) is 11.4 Å². The molecule has 1 saturated heterocycles. The van der Waals surface area contributed by atoms with E-state index in [0.29, 0.717) is 18.8 Å². The molecule has 6 rings (SSSR count). The number of benzene rings is 3. The lowest BCUT2D eigenvalue weighted by Gasteiger charge is -2.36. The molecule has 36 heavy (non-hydrogen) atoms. The first-order valence-corrected chi connectivity index (χ1v) is 12.3. The monoisotopic (exact) mass is 476 g/mol. The van der Waals surface area contributed by atoms with Crippen molar-refractivity contribution in [2.24, 2.45) is 7.05 Å². The number of anilines is 1. The van der Waals surface area contributed by atoms with Crippen LogP contribution in [0.5, 0.6) is 5.75 Å². The second-order valence-electron chi connectivity index (χ2n) is 9.15. The van der Waals surface area contributed by atoms with Crippen molar-refractivity contribution in [2.75, 3.05) is 38.2 Å². The van der Waals surface area contributed by atoms with Gasteiger partial charge in [-0.1, -0.05) is 60.7 Å². The Kier molecular flexibility index (Phi) is 5.56. The van der Waals surface area contributed by atoms with Gasteiger partial charge < -0.3 is 19.1 Å². The third-order valence-corrected chi connectivity index (χ3v) is 7.14. The Morgan fingerprint density at radius 2 is 1.53 bits per heavy atom. The highest BCUT2D eigenvalue weighted by molar-refractivity contribution is 6.13. The summed E-state index contributed by atoms with van der Waals surface area (Å²) in [4.78, 5) is 22.9. The van der Waals surface area contributed by atoms with Crippen molar-refractivity contribution >= 4 is 33.4 Å². The Morgan fingerprint density at radius 1 is 0.833 bits per heavy atom. The molecule has 1 fully saturated rings. The summed E-state index contributed by atoms with van der Waals surface area (Å²) in [6.07, 6.45) is 0. The maximum Gasteiger partial charge on any atom is 0.272 e. The van der Waals surface area contributed by atoms with Crippen molar-refractivity contribution in [1.29, 1.82) is 0 Å². The fourth-order valence-electron chi connectivity index (χ4n) is 5.31. The SMILES string of the molecule is COc1ccccc1N1CCN(C(=O)c2cc3c4ccccc4n(C)c3c(-c3ccccc3)n2)CC1. The molecule has 6 heteroatoms. The molecule has 1 amide bonds. The number of ether oxygens (including phenoxy) is 1. The van der Waals surface area contributed by atoms with Crippen LogP contribution in [0.15, 0.2) is 84.9 Å². The van der Waals surface area contributed by atoms with Gasteiger partial charge >= 0.3 is 0 Å². The highest BCUT2D eigenvalue weighted by atomic mass is 16.5. The van der Waals surface area contributed by atoms with Crippen LogP contribution < -0.4 is 9.64 Å². The lowest BCUT2D eigenvalue weighted by Crippen LogP contribution is -2.49. The molecular formula is C30H28N4O2. The van der Waals surface area contributed by atoms with Crippen molar-refractivity contribution in [3.05, 3.63) is 90.6 Å². The number of piperazine rings is 1. The minimum Gasteiger partial charge on any atom is -0.495 e. The van der Waals surface area contributed by atoms with Crippen LogP contribution in [0.1, 0.15) is 10.5 Å². The summed E-state index contributed by atoms with van der Waals surface area (Å²) < 4.78 is 7.72. The van der Waals surface area contributed by atoms with Gasteiger partial charge in [-0.3, -0.25) is 4.79 Å². The fraction of sp³-hybridized carbons (Fsp3) is 0.200. The van der Waals surface area contributed by atoms with Crippen LogP contribution in [-0.2, 0) is 7.05 Å². The number of amides is 1. The van der Waals surface area contributed by atoms with Gasteiger partial charge in [-0.15, -0.1) is 0 Å². The van der Waals surface area contributed by atoms with Crippen LogP contribution in [0.2, 0.25) is 0 Å². The van der Waals surface area contributed by atoms with Crippen molar-refractivity contribution < 1.29 is 9.53 Å². The number of aromatic nitrogens is 2. The average molecular weight is 477 g/mol. The quantitative estimate of drug-likeness (QED) is 0.350. The number of carbonyl (C=O) groups is 1. The zero-order valence-electron chi connectivity index (χ0n) is 20.5. The van der Waals surface area contributed by atoms with E-state index in [4.69, 9.17) is 9.72 Å². The van der Waals surface area contributed by atoms with Crippen LogP contribution in [-0.4, -0.2) is 53.6 Å². The molecule has 5 aromatic rings. The standard InChI is InChI=1S/C30H28N4O2/c1-32-25-13-7-6-12-22(25)23-20-24(31-28(29(23)32)21-10-4-3-5-11-21)30(35)34-18-16-33(17-19-34)26-14-8-9-15-27(26)36-2/h3-15,20H,16-19H2,1-2H3. The van der Waals surface area contributed by atoms with Gasteiger partial charge in [-0.05, 0) is 24.3 Å². The third kappa shape index (κ3) is 3.66. The molecule has 0 atom stereocenters. The minimum atomic E-state index is -0.0262. The lowest BCUT2D eigenvalue weighted by atomic mass is 10.1. The van der Waals surface area contributed by atoms with Crippen LogP contribution in [0.25, 0.3) is 33.1 Å². The van der Waals surface area contributed by atoms with Crippen LogP contribution in [0.3, 0.4) is 0 Å². The van der Waals surface area contributed by atoms with E-state index in [1.54, 1.807) is 7.11 Å². The number of aryl methyl sites for hydroxylation is 1. The number of pyridine rings is 1. The van der Waals surface area contributed by atoms with Crippen LogP contribution >= 0.6 is 0 Å². The summed E-state index contributed by atoms with van der Waals surface area (Å²) in [7, 11) is 3.76. The molecule has 0 spiro atoms. The van der Waals surface area contributed by atoms with Gasteiger partial charge in [0.25, 0.3) is 5.91 Å². The van der Waals surface area contributed by atoms with Gasteiger partial charge in [0, 0.05) is 55.1 Å². The molecule has 1 aliphatic heterocycles. The molecular weight excluding hydrogens is 448 g/mol. The number of methoxy groups -OCH3 is 1. The molecule has 0 N–H and O–H groups in total. The molecule has 0 bridgehead atoms. The number of nitrogens with zero attached hydrogens (tertiary/aromatic N) is 4. The molecule has 3 heterocycles. The third-order valence-electron chi connectivity index (χ3n) is 7.14. The smallest absolute Gasteiger partial charge is 0.272 e. The molecule has 0 aliphatic carbocycles. The zero-order valence-corrected chi connectivity index (χ0v) is 20.5. The summed E-state index contributed by atoms with van der Waals surface area (Å²) in [5.74, 6) is 0.828.